The predicted molar refractivity (Wildman–Crippen MR) is 103 cm³/mol. The van der Waals surface area contributed by atoms with E-state index in [0.29, 0.717) is 24.3 Å². The Morgan fingerprint density at radius 1 is 1.34 bits per heavy atom. The fourth-order valence-electron chi connectivity index (χ4n) is 3.82. The Labute approximate surface area is 169 Å². The van der Waals surface area contributed by atoms with Gasteiger partial charge in [-0.15, -0.1) is 11.8 Å². The Morgan fingerprint density at radius 3 is 2.83 bits per heavy atom. The molecule has 0 aliphatic carbocycles. The number of fused-ring (bicyclic) bond motifs is 1. The molecule has 29 heavy (non-hydrogen) atoms. The number of hydrogen-bond acceptors (Lipinski definition) is 4. The Kier molecular flexibility index (Phi) is 4.64. The number of rotatable bonds is 3. The van der Waals surface area contributed by atoms with Crippen molar-refractivity contribution in [3.8, 4) is 5.69 Å². The standard InChI is InChI=1S/C19H19F3N4O2S/c1-11-8-15(26(24-11)13-5-3-4-12(9-13)19(20,21)22)23-17(28)14-10-29-18(2)7-6-16(27)25(14)18/h3-5,8-9,14H,6-7,10H2,1-2H3,(H,23,28). The van der Waals surface area contributed by atoms with E-state index in [1.54, 1.807) is 29.7 Å². The maximum atomic E-state index is 13.1. The minimum atomic E-state index is -4.48. The monoisotopic (exact) mass is 424 g/mol. The number of aryl methyl sites for hydroxylation is 1. The van der Waals surface area contributed by atoms with E-state index in [0.717, 1.165) is 12.1 Å². The first kappa shape index (κ1) is 19.8. The van der Waals surface area contributed by atoms with Crippen LogP contribution in [0.2, 0.25) is 0 Å². The van der Waals surface area contributed by atoms with Crippen molar-refractivity contribution in [2.45, 2.75) is 43.8 Å². The van der Waals surface area contributed by atoms with Crippen molar-refractivity contribution in [1.29, 1.82) is 0 Å². The zero-order valence-corrected chi connectivity index (χ0v) is 16.6. The molecule has 2 amide bonds. The molecule has 2 atom stereocenters. The average molecular weight is 424 g/mol. The summed E-state index contributed by atoms with van der Waals surface area (Å²) >= 11 is 1.57. The average Bonchev–Trinajstić information content (AvgIpc) is 3.27. The molecule has 0 spiro atoms. The van der Waals surface area contributed by atoms with Crippen LogP contribution in [-0.4, -0.2) is 43.2 Å². The second-order valence-electron chi connectivity index (χ2n) is 7.39. The second-order valence-corrected chi connectivity index (χ2v) is 8.89. The summed E-state index contributed by atoms with van der Waals surface area (Å²) < 4.78 is 40.5. The number of halogens is 3. The number of nitrogens with one attached hydrogen (secondary N) is 1. The predicted octanol–water partition coefficient (Wildman–Crippen LogP) is 3.59. The van der Waals surface area contributed by atoms with Crippen LogP contribution in [0.25, 0.3) is 5.69 Å². The van der Waals surface area contributed by atoms with E-state index in [9.17, 15) is 22.8 Å². The molecule has 1 aromatic carbocycles. The highest BCUT2D eigenvalue weighted by atomic mass is 32.2. The van der Waals surface area contributed by atoms with Gasteiger partial charge in [-0.25, -0.2) is 4.68 Å². The molecule has 6 nitrogen and oxygen atoms in total. The van der Waals surface area contributed by atoms with Gasteiger partial charge in [-0.2, -0.15) is 18.3 Å². The highest BCUT2D eigenvalue weighted by Crippen LogP contribution is 2.47. The smallest absolute Gasteiger partial charge is 0.315 e. The van der Waals surface area contributed by atoms with Crippen LogP contribution in [0.4, 0.5) is 19.0 Å². The van der Waals surface area contributed by atoms with Gasteiger partial charge in [0.25, 0.3) is 0 Å². The Morgan fingerprint density at radius 2 is 2.10 bits per heavy atom. The Hall–Kier alpha value is -2.49. The number of amides is 2. The van der Waals surface area contributed by atoms with Crippen LogP contribution in [0.3, 0.4) is 0 Å². The van der Waals surface area contributed by atoms with Crippen LogP contribution in [-0.2, 0) is 15.8 Å². The molecule has 10 heteroatoms. The number of hydrogen-bond donors (Lipinski definition) is 1. The van der Waals surface area contributed by atoms with Crippen molar-refractivity contribution in [1.82, 2.24) is 14.7 Å². The summed E-state index contributed by atoms with van der Waals surface area (Å²) in [5.74, 6) is 0.312. The zero-order valence-electron chi connectivity index (χ0n) is 15.8. The molecule has 154 valence electrons. The fraction of sp³-hybridized carbons (Fsp3) is 0.421. The maximum absolute atomic E-state index is 13.1. The number of benzene rings is 1. The lowest BCUT2D eigenvalue weighted by Gasteiger charge is -2.29. The summed E-state index contributed by atoms with van der Waals surface area (Å²) in [5, 5.41) is 6.98. The van der Waals surface area contributed by atoms with Gasteiger partial charge in [-0.05, 0) is 38.5 Å². The van der Waals surface area contributed by atoms with Gasteiger partial charge in [0.15, 0.2) is 0 Å². The van der Waals surface area contributed by atoms with E-state index in [4.69, 9.17) is 0 Å². The highest BCUT2D eigenvalue weighted by Gasteiger charge is 2.53. The van der Waals surface area contributed by atoms with Gasteiger partial charge in [0.2, 0.25) is 11.8 Å². The number of carbonyl (C=O) groups excluding carboxylic acids is 2. The van der Waals surface area contributed by atoms with Crippen LogP contribution in [0.5, 0.6) is 0 Å². The van der Waals surface area contributed by atoms with E-state index < -0.39 is 17.8 Å². The molecule has 1 N–H and O–H groups in total. The molecular formula is C19H19F3N4O2S. The van der Waals surface area contributed by atoms with Crippen LogP contribution in [0, 0.1) is 6.92 Å². The summed E-state index contributed by atoms with van der Waals surface area (Å²) in [6.45, 7) is 3.64. The van der Waals surface area contributed by atoms with Crippen LogP contribution < -0.4 is 5.32 Å². The molecule has 2 unspecified atom stereocenters. The van der Waals surface area contributed by atoms with Crippen LogP contribution >= 0.6 is 11.8 Å². The number of aromatic nitrogens is 2. The maximum Gasteiger partial charge on any atom is 0.416 e. The SMILES string of the molecule is Cc1cc(NC(=O)C2CSC3(C)CCC(=O)N23)n(-c2cccc(C(F)(F)F)c2)n1. The summed E-state index contributed by atoms with van der Waals surface area (Å²) in [5.41, 5.74) is -0.0715. The van der Waals surface area contributed by atoms with Crippen molar-refractivity contribution in [2.75, 3.05) is 11.1 Å². The number of carbonyl (C=O) groups is 2. The minimum absolute atomic E-state index is 0.0554. The molecule has 2 aliphatic heterocycles. The first-order valence-corrected chi connectivity index (χ1v) is 10.1. The summed E-state index contributed by atoms with van der Waals surface area (Å²) in [6.07, 6.45) is -3.38. The number of thioether (sulfide) groups is 1. The molecule has 3 heterocycles. The summed E-state index contributed by atoms with van der Waals surface area (Å²) in [7, 11) is 0. The molecule has 4 rings (SSSR count). The third-order valence-electron chi connectivity index (χ3n) is 5.25. The molecule has 0 radical (unpaired) electrons. The number of alkyl halides is 3. The van der Waals surface area contributed by atoms with Crippen molar-refractivity contribution in [3.05, 3.63) is 41.6 Å². The first-order valence-electron chi connectivity index (χ1n) is 9.10. The first-order chi connectivity index (χ1) is 13.6. The molecule has 1 aromatic heterocycles. The third-order valence-corrected chi connectivity index (χ3v) is 6.75. The molecule has 0 saturated carbocycles. The van der Waals surface area contributed by atoms with E-state index in [2.05, 4.69) is 10.4 Å². The van der Waals surface area contributed by atoms with Crippen LogP contribution in [0.15, 0.2) is 30.3 Å². The van der Waals surface area contributed by atoms with E-state index in [1.807, 2.05) is 6.92 Å². The van der Waals surface area contributed by atoms with E-state index >= 15 is 0 Å². The lowest BCUT2D eigenvalue weighted by Crippen LogP contribution is -2.48. The van der Waals surface area contributed by atoms with Gasteiger partial charge in [0.1, 0.15) is 11.9 Å². The fourth-order valence-corrected chi connectivity index (χ4v) is 5.26. The Bertz CT molecular complexity index is 990. The normalized spacial score (nSPS) is 24.1. The highest BCUT2D eigenvalue weighted by molar-refractivity contribution is 8.01. The molecular weight excluding hydrogens is 405 g/mol. The largest absolute Gasteiger partial charge is 0.416 e. The van der Waals surface area contributed by atoms with Crippen molar-refractivity contribution < 1.29 is 22.8 Å². The van der Waals surface area contributed by atoms with Crippen molar-refractivity contribution >= 4 is 29.4 Å². The summed E-state index contributed by atoms with van der Waals surface area (Å²) in [4.78, 5) is 26.4. The number of nitrogens with zero attached hydrogens (tertiary/aromatic N) is 3. The topological polar surface area (TPSA) is 67.2 Å². The van der Waals surface area contributed by atoms with Gasteiger partial charge < -0.3 is 10.2 Å². The van der Waals surface area contributed by atoms with Crippen molar-refractivity contribution in [2.24, 2.45) is 0 Å². The molecule has 2 aliphatic rings. The lowest BCUT2D eigenvalue weighted by atomic mass is 10.2. The zero-order chi connectivity index (χ0) is 21.0. The van der Waals surface area contributed by atoms with Gasteiger partial charge in [-0.3, -0.25) is 9.59 Å². The van der Waals surface area contributed by atoms with Crippen molar-refractivity contribution in [3.63, 3.8) is 0 Å². The van der Waals surface area contributed by atoms with Gasteiger partial charge in [0.05, 0.1) is 21.8 Å². The quantitative estimate of drug-likeness (QED) is 0.818. The van der Waals surface area contributed by atoms with E-state index in [-0.39, 0.29) is 28.2 Å². The molecule has 2 saturated heterocycles. The van der Waals surface area contributed by atoms with Gasteiger partial charge in [-0.1, -0.05) is 6.07 Å². The van der Waals surface area contributed by atoms with E-state index in [1.165, 1.54) is 16.8 Å². The Balaban J connectivity index is 1.62. The van der Waals surface area contributed by atoms with Gasteiger partial charge in [0, 0.05) is 18.2 Å². The van der Waals surface area contributed by atoms with Gasteiger partial charge >= 0.3 is 6.18 Å². The lowest BCUT2D eigenvalue weighted by molar-refractivity contribution is -0.137. The molecule has 2 aromatic rings. The third kappa shape index (κ3) is 3.50. The molecule has 0 bridgehead atoms. The second kappa shape index (κ2) is 6.79. The van der Waals surface area contributed by atoms with Crippen LogP contribution in [0.1, 0.15) is 31.0 Å². The number of anilines is 1. The summed E-state index contributed by atoms with van der Waals surface area (Å²) in [6, 6.07) is 5.71. The minimum Gasteiger partial charge on any atom is -0.315 e. The molecule has 2 fully saturated rings.